The third-order valence-electron chi connectivity index (χ3n) is 7.24. The van der Waals surface area contributed by atoms with Crippen molar-refractivity contribution in [3.63, 3.8) is 0 Å². The van der Waals surface area contributed by atoms with Crippen LogP contribution in [0.15, 0.2) is 47.4 Å². The Morgan fingerprint density at radius 3 is 2.44 bits per heavy atom. The first-order valence-electron chi connectivity index (χ1n) is 12.0. The zero-order valence-electron chi connectivity index (χ0n) is 20.0. The molecule has 2 aliphatic rings. The van der Waals surface area contributed by atoms with E-state index in [9.17, 15) is 17.6 Å². The third-order valence-corrected chi connectivity index (χ3v) is 8.76. The van der Waals surface area contributed by atoms with Gasteiger partial charge in [-0.1, -0.05) is 32.0 Å². The number of amides is 1. The average Bonchev–Trinajstić information content (AvgIpc) is 2.79. The molecule has 184 valence electrons. The van der Waals surface area contributed by atoms with E-state index >= 15 is 0 Å². The molecule has 0 unspecified atom stereocenters. The van der Waals surface area contributed by atoms with Crippen LogP contribution in [-0.4, -0.2) is 26.9 Å². The maximum Gasteiger partial charge on any atom is 0.240 e. The van der Waals surface area contributed by atoms with Gasteiger partial charge < -0.3 is 10.6 Å². The van der Waals surface area contributed by atoms with Gasteiger partial charge in [0.2, 0.25) is 15.9 Å². The van der Waals surface area contributed by atoms with Gasteiger partial charge in [0.15, 0.2) is 0 Å². The summed E-state index contributed by atoms with van der Waals surface area (Å²) in [6.07, 6.45) is 3.46. The molecule has 1 aliphatic carbocycles. The van der Waals surface area contributed by atoms with E-state index in [1.54, 1.807) is 24.3 Å². The van der Waals surface area contributed by atoms with Gasteiger partial charge in [-0.05, 0) is 79.8 Å². The van der Waals surface area contributed by atoms with Crippen molar-refractivity contribution in [2.45, 2.75) is 75.3 Å². The molecule has 4 rings (SSSR count). The van der Waals surface area contributed by atoms with E-state index in [0.29, 0.717) is 25.7 Å². The predicted octanol–water partition coefficient (Wildman–Crippen LogP) is 4.63. The number of rotatable bonds is 6. The zero-order chi connectivity index (χ0) is 24.5. The first-order valence-corrected chi connectivity index (χ1v) is 13.5. The monoisotopic (exact) mass is 487 g/mol. The van der Waals surface area contributed by atoms with Gasteiger partial charge >= 0.3 is 0 Å². The van der Waals surface area contributed by atoms with E-state index in [4.69, 9.17) is 0 Å². The van der Waals surface area contributed by atoms with Crippen LogP contribution in [0.4, 0.5) is 10.1 Å². The van der Waals surface area contributed by atoms with Gasteiger partial charge in [-0.15, -0.1) is 0 Å². The van der Waals surface area contributed by atoms with Gasteiger partial charge in [0.05, 0.1) is 10.9 Å². The van der Waals surface area contributed by atoms with Crippen molar-refractivity contribution in [2.75, 3.05) is 11.9 Å². The van der Waals surface area contributed by atoms with Crippen LogP contribution in [0, 0.1) is 11.7 Å². The summed E-state index contributed by atoms with van der Waals surface area (Å²) in [4.78, 5) is 13.0. The van der Waals surface area contributed by atoms with Crippen molar-refractivity contribution in [1.29, 1.82) is 0 Å². The van der Waals surface area contributed by atoms with Crippen LogP contribution in [0.3, 0.4) is 0 Å². The number of sulfonamides is 1. The third kappa shape index (κ3) is 5.44. The molecule has 0 aromatic heterocycles. The molecule has 2 aromatic carbocycles. The molecule has 1 aliphatic heterocycles. The molecule has 1 fully saturated rings. The van der Waals surface area contributed by atoms with Crippen LogP contribution in [0.1, 0.15) is 70.0 Å². The fourth-order valence-electron chi connectivity index (χ4n) is 5.00. The topological polar surface area (TPSA) is 87.3 Å². The summed E-state index contributed by atoms with van der Waals surface area (Å²) >= 11 is 0. The highest BCUT2D eigenvalue weighted by Gasteiger charge is 2.32. The lowest BCUT2D eigenvalue weighted by Gasteiger charge is -2.33. The molecule has 0 spiro atoms. The zero-order valence-corrected chi connectivity index (χ0v) is 20.8. The minimum absolute atomic E-state index is 0.0173. The summed E-state index contributed by atoms with van der Waals surface area (Å²) in [6, 6.07) is 11.0. The van der Waals surface area contributed by atoms with Gasteiger partial charge in [0.1, 0.15) is 5.82 Å². The second-order valence-electron chi connectivity index (χ2n) is 10.2. The second-order valence-corrected chi connectivity index (χ2v) is 11.9. The Bertz CT molecular complexity index is 1140. The Hall–Kier alpha value is -2.45. The van der Waals surface area contributed by atoms with Gasteiger partial charge in [0, 0.05) is 24.2 Å². The molecule has 2 aromatic rings. The summed E-state index contributed by atoms with van der Waals surface area (Å²) in [7, 11) is -3.65. The predicted molar refractivity (Wildman–Crippen MR) is 132 cm³/mol. The van der Waals surface area contributed by atoms with Crippen LogP contribution in [0.5, 0.6) is 0 Å². The van der Waals surface area contributed by atoms with E-state index in [2.05, 4.69) is 29.2 Å². The Morgan fingerprint density at radius 1 is 1.09 bits per heavy atom. The highest BCUT2D eigenvalue weighted by atomic mass is 32.2. The van der Waals surface area contributed by atoms with E-state index in [1.165, 1.54) is 12.1 Å². The summed E-state index contributed by atoms with van der Waals surface area (Å²) < 4.78 is 42.1. The first-order chi connectivity index (χ1) is 16.0. The van der Waals surface area contributed by atoms with E-state index in [0.717, 1.165) is 29.8 Å². The minimum Gasteiger partial charge on any atom is -0.385 e. The number of carbonyl (C=O) groups excluding carboxylic acids is 1. The highest BCUT2D eigenvalue weighted by molar-refractivity contribution is 7.89. The van der Waals surface area contributed by atoms with Crippen molar-refractivity contribution in [3.8, 4) is 0 Å². The van der Waals surface area contributed by atoms with Crippen LogP contribution >= 0.6 is 0 Å². The molecule has 1 amide bonds. The average molecular weight is 488 g/mol. The lowest BCUT2D eigenvalue weighted by molar-refractivity contribution is -0.126. The van der Waals surface area contributed by atoms with Crippen molar-refractivity contribution in [2.24, 2.45) is 5.92 Å². The number of hydrogen-bond acceptors (Lipinski definition) is 4. The molecule has 6 nitrogen and oxygen atoms in total. The Kier molecular flexibility index (Phi) is 7.01. The maximum atomic E-state index is 13.1. The van der Waals surface area contributed by atoms with Gasteiger partial charge in [-0.2, -0.15) is 0 Å². The molecule has 8 heteroatoms. The standard InChI is InChI=1S/C26H34FN3O3S/c1-17(18-4-8-20(27)9-5-18)29-25(31)19-6-10-21(11-7-19)30-34(32,33)22-12-13-23-24(16-22)28-15-14-26(23,2)3/h4-5,8-9,12-13,16-17,19,21,28,30H,6-7,10-11,14-15H2,1-3H3,(H,29,31)/t17-,19?,21?/m1/s1. The molecule has 0 bridgehead atoms. The lowest BCUT2D eigenvalue weighted by atomic mass is 9.78. The van der Waals surface area contributed by atoms with Crippen LogP contribution in [0.25, 0.3) is 0 Å². The van der Waals surface area contributed by atoms with Crippen LogP contribution in [-0.2, 0) is 20.2 Å². The molecule has 1 saturated carbocycles. The number of halogens is 1. The largest absolute Gasteiger partial charge is 0.385 e. The van der Waals surface area contributed by atoms with Gasteiger partial charge in [-0.3, -0.25) is 4.79 Å². The fourth-order valence-corrected chi connectivity index (χ4v) is 6.33. The molecule has 34 heavy (non-hydrogen) atoms. The van der Waals surface area contributed by atoms with Gasteiger partial charge in [0.25, 0.3) is 0 Å². The molecule has 0 radical (unpaired) electrons. The molecule has 3 N–H and O–H groups in total. The fraction of sp³-hybridized carbons (Fsp3) is 0.500. The number of nitrogens with one attached hydrogen (secondary N) is 3. The van der Waals surface area contributed by atoms with Crippen LogP contribution < -0.4 is 15.4 Å². The molecule has 0 saturated heterocycles. The van der Waals surface area contributed by atoms with Crippen molar-refractivity contribution in [3.05, 3.63) is 59.4 Å². The first kappa shape index (κ1) is 24.7. The molecule has 1 atom stereocenters. The number of benzene rings is 2. The molecule has 1 heterocycles. The van der Waals surface area contributed by atoms with Crippen molar-refractivity contribution < 1.29 is 17.6 Å². The highest BCUT2D eigenvalue weighted by Crippen LogP contribution is 2.37. The molecular weight excluding hydrogens is 453 g/mol. The van der Waals surface area contributed by atoms with Crippen LogP contribution in [0.2, 0.25) is 0 Å². The summed E-state index contributed by atoms with van der Waals surface area (Å²) in [6.45, 7) is 7.05. The smallest absolute Gasteiger partial charge is 0.240 e. The molecular formula is C26H34FN3O3S. The Labute approximate surface area is 201 Å². The normalized spacial score (nSPS) is 22.8. The van der Waals surface area contributed by atoms with Crippen molar-refractivity contribution >= 4 is 21.6 Å². The number of anilines is 1. The summed E-state index contributed by atoms with van der Waals surface area (Å²) in [5, 5.41) is 6.33. The van der Waals surface area contributed by atoms with Crippen molar-refractivity contribution in [1.82, 2.24) is 10.0 Å². The second kappa shape index (κ2) is 9.66. The Morgan fingerprint density at radius 2 is 1.76 bits per heavy atom. The summed E-state index contributed by atoms with van der Waals surface area (Å²) in [5.74, 6) is -0.501. The van der Waals surface area contributed by atoms with E-state index in [-0.39, 0.29) is 40.0 Å². The SMILES string of the molecule is C[C@@H](NC(=O)C1CCC(NS(=O)(=O)c2ccc3c(c2)NCCC3(C)C)CC1)c1ccc(F)cc1. The maximum absolute atomic E-state index is 13.1. The number of hydrogen-bond donors (Lipinski definition) is 3. The summed E-state index contributed by atoms with van der Waals surface area (Å²) in [5.41, 5.74) is 2.89. The lowest BCUT2D eigenvalue weighted by Crippen LogP contribution is -2.41. The minimum atomic E-state index is -3.65. The van der Waals surface area contributed by atoms with E-state index in [1.807, 2.05) is 13.0 Å². The Balaban J connectivity index is 1.33. The van der Waals surface area contributed by atoms with Gasteiger partial charge in [-0.25, -0.2) is 17.5 Å². The number of carbonyl (C=O) groups is 1. The number of fused-ring (bicyclic) bond motifs is 1. The van der Waals surface area contributed by atoms with E-state index < -0.39 is 10.0 Å². The quantitative estimate of drug-likeness (QED) is 0.554.